The molecule has 0 aliphatic heterocycles. The second-order valence-corrected chi connectivity index (χ2v) is 6.54. The number of allylic oxidation sites excluding steroid dienone is 2. The molecule has 3 aromatic carbocycles. The maximum atomic E-state index is 12.5. The van der Waals surface area contributed by atoms with E-state index in [9.17, 15) is 4.79 Å². The van der Waals surface area contributed by atoms with Gasteiger partial charge in [-0.3, -0.25) is 4.79 Å². The zero-order chi connectivity index (χ0) is 17.1. The minimum atomic E-state index is 0.163. The molecule has 3 aromatic rings. The summed E-state index contributed by atoms with van der Waals surface area (Å²) in [5.41, 5.74) is 4.74. The largest absolute Gasteiger partial charge is 0.295 e. The summed E-state index contributed by atoms with van der Waals surface area (Å²) in [6.45, 7) is 0. The van der Waals surface area contributed by atoms with Crippen molar-refractivity contribution in [2.75, 3.05) is 0 Å². The topological polar surface area (TPSA) is 17.1 Å². The zero-order valence-corrected chi connectivity index (χ0v) is 14.0. The molecule has 1 aliphatic rings. The van der Waals surface area contributed by atoms with E-state index in [1.807, 2.05) is 36.4 Å². The molecule has 0 saturated heterocycles. The van der Waals surface area contributed by atoms with Crippen LogP contribution in [0.25, 0.3) is 5.57 Å². The lowest BCUT2D eigenvalue weighted by Gasteiger charge is -2.33. The van der Waals surface area contributed by atoms with E-state index in [-0.39, 0.29) is 17.6 Å². The summed E-state index contributed by atoms with van der Waals surface area (Å²) in [4.78, 5) is 12.5. The van der Waals surface area contributed by atoms with Gasteiger partial charge in [0.2, 0.25) is 0 Å². The fourth-order valence-electron chi connectivity index (χ4n) is 3.85. The van der Waals surface area contributed by atoms with Gasteiger partial charge in [0.1, 0.15) is 0 Å². The van der Waals surface area contributed by atoms with Gasteiger partial charge in [-0.05, 0) is 28.3 Å². The molecule has 0 spiro atoms. The van der Waals surface area contributed by atoms with Crippen molar-refractivity contribution in [2.45, 2.75) is 18.3 Å². The van der Waals surface area contributed by atoms with Crippen LogP contribution in [0.3, 0.4) is 0 Å². The first-order valence-corrected chi connectivity index (χ1v) is 8.72. The first-order valence-electron chi connectivity index (χ1n) is 8.72. The molecule has 122 valence electrons. The Morgan fingerprint density at radius 2 is 1.16 bits per heavy atom. The molecule has 25 heavy (non-hydrogen) atoms. The van der Waals surface area contributed by atoms with E-state index in [0.29, 0.717) is 6.42 Å². The van der Waals surface area contributed by atoms with Crippen LogP contribution in [0.15, 0.2) is 97.1 Å². The van der Waals surface area contributed by atoms with Gasteiger partial charge in [0.15, 0.2) is 5.78 Å². The van der Waals surface area contributed by atoms with Gasteiger partial charge in [0.05, 0.1) is 0 Å². The van der Waals surface area contributed by atoms with Crippen LogP contribution in [-0.4, -0.2) is 5.78 Å². The van der Waals surface area contributed by atoms with E-state index in [1.165, 1.54) is 11.1 Å². The molecule has 1 nitrogen and oxygen atoms in total. The summed E-state index contributed by atoms with van der Waals surface area (Å²) in [5.74, 6) is 0.555. The molecule has 0 heterocycles. The lowest BCUT2D eigenvalue weighted by molar-refractivity contribution is -0.115. The lowest BCUT2D eigenvalue weighted by atomic mass is 9.69. The molecular weight excluding hydrogens is 304 g/mol. The Hall–Kier alpha value is -2.93. The highest BCUT2D eigenvalue weighted by molar-refractivity contribution is 6.01. The molecule has 0 unspecified atom stereocenters. The van der Waals surface area contributed by atoms with E-state index >= 15 is 0 Å². The minimum Gasteiger partial charge on any atom is -0.295 e. The van der Waals surface area contributed by atoms with Crippen LogP contribution < -0.4 is 0 Å². The molecule has 0 saturated carbocycles. The predicted molar refractivity (Wildman–Crippen MR) is 102 cm³/mol. The Balaban J connectivity index is 1.88. The first-order chi connectivity index (χ1) is 12.3. The summed E-state index contributed by atoms with van der Waals surface area (Å²) in [6.07, 6.45) is 2.41. The quantitative estimate of drug-likeness (QED) is 0.612. The molecule has 4 rings (SSSR count). The normalized spacial score (nSPS) is 20.2. The third kappa shape index (κ3) is 3.18. The van der Waals surface area contributed by atoms with Crippen LogP contribution >= 0.6 is 0 Å². The maximum Gasteiger partial charge on any atom is 0.156 e. The number of hydrogen-bond donors (Lipinski definition) is 0. The Morgan fingerprint density at radius 1 is 0.640 bits per heavy atom. The van der Waals surface area contributed by atoms with E-state index < -0.39 is 0 Å². The van der Waals surface area contributed by atoms with Gasteiger partial charge in [-0.2, -0.15) is 0 Å². The average molecular weight is 324 g/mol. The van der Waals surface area contributed by atoms with Crippen molar-refractivity contribution >= 4 is 11.4 Å². The van der Waals surface area contributed by atoms with E-state index in [0.717, 1.165) is 11.1 Å². The zero-order valence-electron chi connectivity index (χ0n) is 14.0. The number of benzene rings is 3. The van der Waals surface area contributed by atoms with Gasteiger partial charge < -0.3 is 0 Å². The van der Waals surface area contributed by atoms with E-state index in [2.05, 4.69) is 60.7 Å². The molecular formula is C24H20O. The number of hydrogen-bond acceptors (Lipinski definition) is 1. The maximum absolute atomic E-state index is 12.5. The van der Waals surface area contributed by atoms with Gasteiger partial charge in [0.25, 0.3) is 0 Å². The molecule has 0 fully saturated rings. The van der Waals surface area contributed by atoms with Crippen LogP contribution in [0.4, 0.5) is 0 Å². The second-order valence-electron chi connectivity index (χ2n) is 6.54. The van der Waals surface area contributed by atoms with Crippen molar-refractivity contribution < 1.29 is 4.79 Å². The van der Waals surface area contributed by atoms with Crippen molar-refractivity contribution in [1.82, 2.24) is 0 Å². The van der Waals surface area contributed by atoms with Crippen LogP contribution in [-0.2, 0) is 4.79 Å². The van der Waals surface area contributed by atoms with Gasteiger partial charge in [0, 0.05) is 18.3 Å². The van der Waals surface area contributed by atoms with Crippen LogP contribution in [0.2, 0.25) is 0 Å². The summed E-state index contributed by atoms with van der Waals surface area (Å²) in [7, 11) is 0. The second kappa shape index (κ2) is 6.90. The molecule has 2 atom stereocenters. The average Bonchev–Trinajstić information content (AvgIpc) is 2.69. The Morgan fingerprint density at radius 3 is 1.76 bits per heavy atom. The summed E-state index contributed by atoms with van der Waals surface area (Å²) < 4.78 is 0. The number of carbonyl (C=O) groups excluding carboxylic acids is 1. The van der Waals surface area contributed by atoms with Crippen LogP contribution in [0, 0.1) is 0 Å². The minimum absolute atomic E-state index is 0.163. The third-order valence-electron chi connectivity index (χ3n) is 4.97. The molecule has 0 bridgehead atoms. The highest BCUT2D eigenvalue weighted by atomic mass is 16.1. The smallest absolute Gasteiger partial charge is 0.156 e. The van der Waals surface area contributed by atoms with Gasteiger partial charge >= 0.3 is 0 Å². The number of ketones is 1. The fourth-order valence-corrected chi connectivity index (χ4v) is 3.85. The number of carbonyl (C=O) groups is 1. The van der Waals surface area contributed by atoms with Crippen LogP contribution in [0.5, 0.6) is 0 Å². The summed E-state index contributed by atoms with van der Waals surface area (Å²) >= 11 is 0. The standard InChI is InChI=1S/C24H20O/c25-21-16-22(18-10-4-1-5-11-18)24(20-14-8-3-9-15-20)23(17-21)19-12-6-2-7-13-19/h1-16,23-24H,17H2/t23-,24+/m1/s1. The van der Waals surface area contributed by atoms with E-state index in [4.69, 9.17) is 0 Å². The van der Waals surface area contributed by atoms with Crippen molar-refractivity contribution in [2.24, 2.45) is 0 Å². The summed E-state index contributed by atoms with van der Waals surface area (Å²) in [6, 6.07) is 31.3. The fraction of sp³-hybridized carbons (Fsp3) is 0.125. The molecule has 0 amide bonds. The van der Waals surface area contributed by atoms with Gasteiger partial charge in [-0.15, -0.1) is 0 Å². The highest BCUT2D eigenvalue weighted by Crippen LogP contribution is 2.47. The van der Waals surface area contributed by atoms with Crippen molar-refractivity contribution in [1.29, 1.82) is 0 Å². The van der Waals surface area contributed by atoms with Gasteiger partial charge in [-0.1, -0.05) is 91.0 Å². The third-order valence-corrected chi connectivity index (χ3v) is 4.97. The van der Waals surface area contributed by atoms with Gasteiger partial charge in [-0.25, -0.2) is 0 Å². The molecule has 0 radical (unpaired) electrons. The predicted octanol–water partition coefficient (Wildman–Crippen LogP) is 5.61. The van der Waals surface area contributed by atoms with Crippen molar-refractivity contribution in [3.63, 3.8) is 0 Å². The SMILES string of the molecule is O=C1C=C(c2ccccc2)[C@H](c2ccccc2)[C@@H](c2ccccc2)C1. The summed E-state index contributed by atoms with van der Waals surface area (Å²) in [5, 5.41) is 0. The van der Waals surface area contributed by atoms with E-state index in [1.54, 1.807) is 0 Å². The highest BCUT2D eigenvalue weighted by Gasteiger charge is 2.34. The molecule has 0 N–H and O–H groups in total. The number of rotatable bonds is 3. The molecule has 1 aliphatic carbocycles. The molecule has 0 aromatic heterocycles. The van der Waals surface area contributed by atoms with Crippen molar-refractivity contribution in [3.8, 4) is 0 Å². The Kier molecular flexibility index (Phi) is 4.30. The molecule has 1 heteroatoms. The first kappa shape index (κ1) is 15.6. The lowest BCUT2D eigenvalue weighted by Crippen LogP contribution is -2.21. The Bertz CT molecular complexity index is 879. The Labute approximate surface area is 148 Å². The monoisotopic (exact) mass is 324 g/mol. The van der Waals surface area contributed by atoms with Crippen LogP contribution in [0.1, 0.15) is 34.9 Å². The van der Waals surface area contributed by atoms with Crippen molar-refractivity contribution in [3.05, 3.63) is 114 Å².